The molecule has 138 valence electrons. The van der Waals surface area contributed by atoms with Crippen molar-refractivity contribution in [1.29, 1.82) is 0 Å². The first-order valence-electron chi connectivity index (χ1n) is 8.57. The zero-order chi connectivity index (χ0) is 19.1. The van der Waals surface area contributed by atoms with E-state index < -0.39 is 6.04 Å². The van der Waals surface area contributed by atoms with Gasteiger partial charge in [0.2, 0.25) is 5.91 Å². The maximum Gasteiger partial charge on any atom is 0.247 e. The summed E-state index contributed by atoms with van der Waals surface area (Å²) in [6.45, 7) is 0.536. The van der Waals surface area contributed by atoms with Crippen LogP contribution in [0.15, 0.2) is 77.5 Å². The summed E-state index contributed by atoms with van der Waals surface area (Å²) in [4.78, 5) is 17.0. The highest BCUT2D eigenvalue weighted by atomic mass is 79.9. The number of hydrogen-bond acceptors (Lipinski definition) is 3. The molecule has 3 aromatic rings. The first-order chi connectivity index (χ1) is 13.1. The van der Waals surface area contributed by atoms with E-state index in [-0.39, 0.29) is 5.91 Å². The Morgan fingerprint density at radius 2 is 1.74 bits per heavy atom. The fraction of sp³-hybridized carbons (Fsp3) is 0.143. The number of hydrogen-bond donors (Lipinski definition) is 2. The summed E-state index contributed by atoms with van der Waals surface area (Å²) in [5.74, 6) is -0.115. The van der Waals surface area contributed by atoms with Crippen molar-refractivity contribution in [2.24, 2.45) is 0 Å². The van der Waals surface area contributed by atoms with Crippen LogP contribution in [0.2, 0.25) is 5.02 Å². The third-order valence-corrected chi connectivity index (χ3v) is 5.17. The van der Waals surface area contributed by atoms with Crippen LogP contribution in [-0.2, 0) is 11.2 Å². The van der Waals surface area contributed by atoms with Gasteiger partial charge < -0.3 is 10.6 Å². The maximum atomic E-state index is 13.0. The van der Waals surface area contributed by atoms with Gasteiger partial charge in [0.1, 0.15) is 6.04 Å². The Balaban J connectivity index is 1.76. The minimum absolute atomic E-state index is 0.115. The number of para-hydroxylation sites is 1. The molecule has 1 atom stereocenters. The monoisotopic (exact) mass is 443 g/mol. The van der Waals surface area contributed by atoms with E-state index in [1.165, 1.54) is 0 Å². The van der Waals surface area contributed by atoms with E-state index in [1.807, 2.05) is 54.6 Å². The van der Waals surface area contributed by atoms with E-state index in [4.69, 9.17) is 11.6 Å². The first kappa shape index (κ1) is 19.4. The van der Waals surface area contributed by atoms with Crippen molar-refractivity contribution in [3.8, 4) is 0 Å². The average molecular weight is 445 g/mol. The smallest absolute Gasteiger partial charge is 0.247 e. The van der Waals surface area contributed by atoms with E-state index in [0.717, 1.165) is 22.0 Å². The molecule has 2 N–H and O–H groups in total. The molecule has 1 amide bonds. The number of amides is 1. The van der Waals surface area contributed by atoms with Gasteiger partial charge in [-0.3, -0.25) is 9.78 Å². The Hall–Kier alpha value is -2.37. The summed E-state index contributed by atoms with van der Waals surface area (Å²) in [5.41, 5.74) is 2.69. The van der Waals surface area contributed by atoms with Gasteiger partial charge in [-0.2, -0.15) is 0 Å². The lowest BCUT2D eigenvalue weighted by Crippen LogP contribution is -2.35. The van der Waals surface area contributed by atoms with E-state index in [1.54, 1.807) is 18.5 Å². The summed E-state index contributed by atoms with van der Waals surface area (Å²) >= 11 is 9.81. The largest absolute Gasteiger partial charge is 0.369 e. The predicted molar refractivity (Wildman–Crippen MR) is 113 cm³/mol. The second kappa shape index (κ2) is 9.53. The van der Waals surface area contributed by atoms with Crippen molar-refractivity contribution < 1.29 is 4.79 Å². The molecule has 0 aliphatic heterocycles. The first-order valence-corrected chi connectivity index (χ1v) is 9.74. The summed E-state index contributed by atoms with van der Waals surface area (Å²) in [7, 11) is 0. The molecule has 0 radical (unpaired) electrons. The minimum atomic E-state index is -0.571. The predicted octanol–water partition coefficient (Wildman–Crippen LogP) is 5.01. The molecule has 1 aromatic heterocycles. The Morgan fingerprint density at radius 1 is 1.04 bits per heavy atom. The van der Waals surface area contributed by atoms with Crippen LogP contribution in [0.5, 0.6) is 0 Å². The van der Waals surface area contributed by atoms with Crippen LogP contribution in [-0.4, -0.2) is 17.4 Å². The van der Waals surface area contributed by atoms with E-state index in [9.17, 15) is 4.79 Å². The molecule has 0 saturated heterocycles. The fourth-order valence-electron chi connectivity index (χ4n) is 2.71. The zero-order valence-electron chi connectivity index (χ0n) is 14.5. The Bertz CT molecular complexity index is 905. The maximum absolute atomic E-state index is 13.0. The van der Waals surface area contributed by atoms with Crippen molar-refractivity contribution >= 4 is 39.1 Å². The Kier molecular flexibility index (Phi) is 6.85. The lowest BCUT2D eigenvalue weighted by Gasteiger charge is -2.21. The lowest BCUT2D eigenvalue weighted by atomic mass is 10.1. The van der Waals surface area contributed by atoms with Crippen LogP contribution in [0.1, 0.15) is 17.2 Å². The molecule has 0 aliphatic rings. The number of aromatic nitrogens is 1. The highest BCUT2D eigenvalue weighted by Gasteiger charge is 2.23. The van der Waals surface area contributed by atoms with E-state index in [0.29, 0.717) is 17.3 Å². The van der Waals surface area contributed by atoms with E-state index >= 15 is 0 Å². The highest BCUT2D eigenvalue weighted by Crippen LogP contribution is 2.29. The molecule has 0 fully saturated rings. The van der Waals surface area contributed by atoms with Gasteiger partial charge in [-0.05, 0) is 47.9 Å². The van der Waals surface area contributed by atoms with Crippen LogP contribution in [0.3, 0.4) is 0 Å². The molecule has 4 nitrogen and oxygen atoms in total. The summed E-state index contributed by atoms with van der Waals surface area (Å²) in [6, 6.07) is 18.4. The second-order valence-corrected chi connectivity index (χ2v) is 7.24. The molecule has 6 heteroatoms. The normalized spacial score (nSPS) is 11.6. The lowest BCUT2D eigenvalue weighted by molar-refractivity contribution is -0.121. The number of nitrogens with one attached hydrogen (secondary N) is 2. The number of benzene rings is 2. The highest BCUT2D eigenvalue weighted by molar-refractivity contribution is 9.10. The number of carbonyl (C=O) groups excluding carboxylic acids is 1. The SMILES string of the molecule is O=C(NCCc1ccncc1)C(Nc1ccccc1Cl)c1ccccc1Br. The van der Waals surface area contributed by atoms with Gasteiger partial charge in [0.25, 0.3) is 0 Å². The standard InChI is InChI=1S/C21H19BrClN3O/c22-17-6-2-1-5-16(17)20(26-19-8-4-3-7-18(19)23)21(27)25-14-11-15-9-12-24-13-10-15/h1-10,12-13,20,26H,11,14H2,(H,25,27). The van der Waals surface area contributed by atoms with Crippen molar-refractivity contribution in [1.82, 2.24) is 10.3 Å². The van der Waals surface area contributed by atoms with Gasteiger partial charge in [0.15, 0.2) is 0 Å². The summed E-state index contributed by atoms with van der Waals surface area (Å²) < 4.78 is 0.860. The molecule has 0 saturated carbocycles. The second-order valence-electron chi connectivity index (χ2n) is 5.98. The number of carbonyl (C=O) groups is 1. The molecule has 27 heavy (non-hydrogen) atoms. The Labute approximate surface area is 172 Å². The minimum Gasteiger partial charge on any atom is -0.369 e. The molecule has 2 aromatic carbocycles. The van der Waals surface area contributed by atoms with Crippen molar-refractivity contribution in [3.63, 3.8) is 0 Å². The third-order valence-electron chi connectivity index (χ3n) is 4.11. The Morgan fingerprint density at radius 3 is 2.48 bits per heavy atom. The zero-order valence-corrected chi connectivity index (χ0v) is 16.9. The van der Waals surface area contributed by atoms with Crippen molar-refractivity contribution in [2.75, 3.05) is 11.9 Å². The van der Waals surface area contributed by atoms with Crippen LogP contribution in [0.4, 0.5) is 5.69 Å². The average Bonchev–Trinajstić information content (AvgIpc) is 2.69. The molecule has 0 spiro atoms. The van der Waals surface area contributed by atoms with Crippen LogP contribution >= 0.6 is 27.5 Å². The molecule has 3 rings (SSSR count). The summed E-state index contributed by atoms with van der Waals surface area (Å²) in [5, 5.41) is 6.85. The van der Waals surface area contributed by atoms with Crippen LogP contribution in [0.25, 0.3) is 0 Å². The molecule has 0 aliphatic carbocycles. The fourth-order valence-corrected chi connectivity index (χ4v) is 3.41. The molecular weight excluding hydrogens is 426 g/mol. The number of rotatable bonds is 7. The van der Waals surface area contributed by atoms with Gasteiger partial charge in [-0.25, -0.2) is 0 Å². The topological polar surface area (TPSA) is 54.0 Å². The number of pyridine rings is 1. The number of halogens is 2. The van der Waals surface area contributed by atoms with Gasteiger partial charge in [0.05, 0.1) is 10.7 Å². The van der Waals surface area contributed by atoms with Gasteiger partial charge in [0, 0.05) is 23.4 Å². The van der Waals surface area contributed by atoms with Gasteiger partial charge >= 0.3 is 0 Å². The number of nitrogens with zero attached hydrogens (tertiary/aromatic N) is 1. The van der Waals surface area contributed by atoms with Crippen LogP contribution in [0, 0.1) is 0 Å². The van der Waals surface area contributed by atoms with Gasteiger partial charge in [-0.15, -0.1) is 0 Å². The molecule has 1 unspecified atom stereocenters. The van der Waals surface area contributed by atoms with Gasteiger partial charge in [-0.1, -0.05) is 57.9 Å². The van der Waals surface area contributed by atoms with Crippen molar-refractivity contribution in [3.05, 3.63) is 93.7 Å². The quantitative estimate of drug-likeness (QED) is 0.538. The summed E-state index contributed by atoms with van der Waals surface area (Å²) in [6.07, 6.45) is 4.24. The molecule has 0 bridgehead atoms. The molecule has 1 heterocycles. The third kappa shape index (κ3) is 5.31. The van der Waals surface area contributed by atoms with Crippen LogP contribution < -0.4 is 10.6 Å². The molecular formula is C21H19BrClN3O. The van der Waals surface area contributed by atoms with Crippen molar-refractivity contribution in [2.45, 2.75) is 12.5 Å². The van der Waals surface area contributed by atoms with E-state index in [2.05, 4.69) is 31.5 Å². The number of anilines is 1.